The number of esters is 1. The summed E-state index contributed by atoms with van der Waals surface area (Å²) in [6.45, 7) is 1.76. The van der Waals surface area contributed by atoms with Crippen LogP contribution in [-0.4, -0.2) is 24.7 Å². The van der Waals surface area contributed by atoms with Gasteiger partial charge in [0.2, 0.25) is 5.88 Å². The third-order valence-corrected chi connectivity index (χ3v) is 1.52. The number of carbonyl (C=O) groups excluding carboxylic acids is 1. The van der Waals surface area contributed by atoms with Gasteiger partial charge >= 0.3 is 5.97 Å². The number of hydrogen-bond donors (Lipinski definition) is 0. The van der Waals surface area contributed by atoms with Crippen LogP contribution >= 0.6 is 0 Å². The largest absolute Gasteiger partial charge is 0.466 e. The lowest BCUT2D eigenvalue weighted by atomic mass is 10.3. The van der Waals surface area contributed by atoms with Crippen LogP contribution in [0.2, 0.25) is 0 Å². The molecule has 0 aliphatic carbocycles. The Labute approximate surface area is 76.5 Å². The number of aryl methyl sites for hydroxylation is 1. The molecule has 70 valence electrons. The molecule has 1 heterocycles. The third-order valence-electron chi connectivity index (χ3n) is 1.52. The maximum atomic E-state index is 10.7. The fourth-order valence-electron chi connectivity index (χ4n) is 0.809. The SMILES string of the molecule is COC(=O)COc1ncccc1C. The van der Waals surface area contributed by atoms with Crippen molar-refractivity contribution in [2.75, 3.05) is 13.7 Å². The lowest BCUT2D eigenvalue weighted by Gasteiger charge is -2.05. The Morgan fingerprint density at radius 2 is 2.38 bits per heavy atom. The topological polar surface area (TPSA) is 48.4 Å². The van der Waals surface area contributed by atoms with Gasteiger partial charge < -0.3 is 9.47 Å². The number of carbonyl (C=O) groups is 1. The van der Waals surface area contributed by atoms with Gasteiger partial charge in [-0.1, -0.05) is 6.07 Å². The summed E-state index contributed by atoms with van der Waals surface area (Å²) < 4.78 is 9.52. The molecule has 4 heteroatoms. The van der Waals surface area contributed by atoms with Crippen molar-refractivity contribution < 1.29 is 14.3 Å². The van der Waals surface area contributed by atoms with E-state index in [0.717, 1.165) is 5.56 Å². The Morgan fingerprint density at radius 3 is 3.00 bits per heavy atom. The zero-order valence-electron chi connectivity index (χ0n) is 7.61. The predicted molar refractivity (Wildman–Crippen MR) is 46.5 cm³/mol. The van der Waals surface area contributed by atoms with Gasteiger partial charge in [-0.05, 0) is 13.0 Å². The standard InChI is InChI=1S/C9H11NO3/c1-7-4-3-5-10-9(7)13-6-8(11)12-2/h3-5H,6H2,1-2H3. The fraction of sp³-hybridized carbons (Fsp3) is 0.333. The monoisotopic (exact) mass is 181 g/mol. The highest BCUT2D eigenvalue weighted by atomic mass is 16.6. The van der Waals surface area contributed by atoms with Crippen molar-refractivity contribution in [2.45, 2.75) is 6.92 Å². The fourth-order valence-corrected chi connectivity index (χ4v) is 0.809. The Kier molecular flexibility index (Phi) is 3.25. The van der Waals surface area contributed by atoms with Crippen LogP contribution in [0.25, 0.3) is 0 Å². The minimum atomic E-state index is -0.412. The van der Waals surface area contributed by atoms with Crippen LogP contribution in [0.15, 0.2) is 18.3 Å². The highest BCUT2D eigenvalue weighted by Crippen LogP contribution is 2.11. The molecule has 4 nitrogen and oxygen atoms in total. The summed E-state index contributed by atoms with van der Waals surface area (Å²) >= 11 is 0. The van der Waals surface area contributed by atoms with Crippen molar-refractivity contribution >= 4 is 5.97 Å². The first-order valence-electron chi connectivity index (χ1n) is 3.85. The highest BCUT2D eigenvalue weighted by molar-refractivity contribution is 5.70. The molecular formula is C9H11NO3. The van der Waals surface area contributed by atoms with E-state index in [1.807, 2.05) is 13.0 Å². The zero-order chi connectivity index (χ0) is 9.68. The molecule has 0 radical (unpaired) electrons. The number of pyridine rings is 1. The van der Waals surface area contributed by atoms with Crippen molar-refractivity contribution in [3.63, 3.8) is 0 Å². The normalized spacial score (nSPS) is 9.38. The van der Waals surface area contributed by atoms with Crippen LogP contribution in [-0.2, 0) is 9.53 Å². The molecule has 0 fully saturated rings. The minimum absolute atomic E-state index is 0.103. The Hall–Kier alpha value is -1.58. The van der Waals surface area contributed by atoms with E-state index < -0.39 is 5.97 Å². The molecule has 0 bridgehead atoms. The summed E-state index contributed by atoms with van der Waals surface area (Å²) in [6, 6.07) is 3.67. The molecule has 13 heavy (non-hydrogen) atoms. The summed E-state index contributed by atoms with van der Waals surface area (Å²) in [5.74, 6) is 0.0537. The Bertz CT molecular complexity index is 299. The third kappa shape index (κ3) is 2.74. The average Bonchev–Trinajstić information content (AvgIpc) is 2.16. The Balaban J connectivity index is 2.54. The van der Waals surface area contributed by atoms with Crippen molar-refractivity contribution in [1.29, 1.82) is 0 Å². The molecule has 0 unspecified atom stereocenters. The minimum Gasteiger partial charge on any atom is -0.466 e. The summed E-state index contributed by atoms with van der Waals surface area (Å²) in [5, 5.41) is 0. The number of hydrogen-bond acceptors (Lipinski definition) is 4. The van der Waals surface area contributed by atoms with Gasteiger partial charge in [-0.15, -0.1) is 0 Å². The summed E-state index contributed by atoms with van der Waals surface area (Å²) in [4.78, 5) is 14.7. The van der Waals surface area contributed by atoms with Gasteiger partial charge in [0.15, 0.2) is 6.61 Å². The van der Waals surface area contributed by atoms with Crippen molar-refractivity contribution in [1.82, 2.24) is 4.98 Å². The first-order valence-corrected chi connectivity index (χ1v) is 3.85. The molecule has 1 aromatic rings. The lowest BCUT2D eigenvalue weighted by Crippen LogP contribution is -2.13. The van der Waals surface area contributed by atoms with Gasteiger partial charge in [-0.2, -0.15) is 0 Å². The molecule has 0 spiro atoms. The lowest BCUT2D eigenvalue weighted by molar-refractivity contribution is -0.143. The zero-order valence-corrected chi connectivity index (χ0v) is 7.61. The van der Waals surface area contributed by atoms with Gasteiger partial charge in [-0.25, -0.2) is 9.78 Å². The maximum absolute atomic E-state index is 10.7. The van der Waals surface area contributed by atoms with E-state index in [-0.39, 0.29) is 6.61 Å². The van der Waals surface area contributed by atoms with Gasteiger partial charge in [-0.3, -0.25) is 0 Å². The average molecular weight is 181 g/mol. The van der Waals surface area contributed by atoms with E-state index in [4.69, 9.17) is 4.74 Å². The second-order valence-electron chi connectivity index (χ2n) is 2.49. The number of rotatable bonds is 3. The number of methoxy groups -OCH3 is 1. The van der Waals surface area contributed by atoms with Gasteiger partial charge in [0.05, 0.1) is 7.11 Å². The number of ether oxygens (including phenoxy) is 2. The van der Waals surface area contributed by atoms with Gasteiger partial charge in [0.1, 0.15) is 0 Å². The van der Waals surface area contributed by atoms with Crippen LogP contribution in [0.5, 0.6) is 5.88 Å². The molecular weight excluding hydrogens is 170 g/mol. The second kappa shape index (κ2) is 4.45. The van der Waals surface area contributed by atoms with E-state index in [1.165, 1.54) is 7.11 Å². The molecule has 0 aliphatic heterocycles. The molecule has 0 aliphatic rings. The van der Waals surface area contributed by atoms with Crippen LogP contribution in [0.1, 0.15) is 5.56 Å². The van der Waals surface area contributed by atoms with E-state index in [2.05, 4.69) is 9.72 Å². The molecule has 1 rings (SSSR count). The molecule has 1 aromatic heterocycles. The molecule has 0 aromatic carbocycles. The van der Waals surface area contributed by atoms with Crippen LogP contribution in [0.3, 0.4) is 0 Å². The van der Waals surface area contributed by atoms with Crippen molar-refractivity contribution in [3.05, 3.63) is 23.9 Å². The molecule has 0 atom stereocenters. The van der Waals surface area contributed by atoms with Gasteiger partial charge in [0, 0.05) is 11.8 Å². The van der Waals surface area contributed by atoms with E-state index in [9.17, 15) is 4.79 Å². The summed E-state index contributed by atoms with van der Waals surface area (Å²) in [7, 11) is 1.32. The van der Waals surface area contributed by atoms with Crippen LogP contribution < -0.4 is 4.74 Å². The van der Waals surface area contributed by atoms with E-state index in [1.54, 1.807) is 12.3 Å². The number of aromatic nitrogens is 1. The summed E-state index contributed by atoms with van der Waals surface area (Å²) in [6.07, 6.45) is 1.61. The van der Waals surface area contributed by atoms with E-state index in [0.29, 0.717) is 5.88 Å². The summed E-state index contributed by atoms with van der Waals surface area (Å²) in [5.41, 5.74) is 0.895. The van der Waals surface area contributed by atoms with Crippen LogP contribution in [0.4, 0.5) is 0 Å². The molecule has 0 N–H and O–H groups in total. The van der Waals surface area contributed by atoms with Crippen LogP contribution in [0, 0.1) is 6.92 Å². The number of nitrogens with zero attached hydrogens (tertiary/aromatic N) is 1. The molecule has 0 saturated heterocycles. The van der Waals surface area contributed by atoms with E-state index >= 15 is 0 Å². The molecule has 0 saturated carbocycles. The second-order valence-corrected chi connectivity index (χ2v) is 2.49. The first-order chi connectivity index (χ1) is 6.24. The Morgan fingerprint density at radius 1 is 1.62 bits per heavy atom. The van der Waals surface area contributed by atoms with Crippen molar-refractivity contribution in [3.8, 4) is 5.88 Å². The van der Waals surface area contributed by atoms with Crippen molar-refractivity contribution in [2.24, 2.45) is 0 Å². The smallest absolute Gasteiger partial charge is 0.343 e. The predicted octanol–water partition coefficient (Wildman–Crippen LogP) is 0.942. The maximum Gasteiger partial charge on any atom is 0.343 e. The quantitative estimate of drug-likeness (QED) is 0.651. The van der Waals surface area contributed by atoms with Gasteiger partial charge in [0.25, 0.3) is 0 Å². The first kappa shape index (κ1) is 9.51. The molecule has 0 amide bonds. The highest BCUT2D eigenvalue weighted by Gasteiger charge is 2.03.